The third-order valence-corrected chi connectivity index (χ3v) is 4.32. The zero-order valence-electron chi connectivity index (χ0n) is 12.6. The second-order valence-electron chi connectivity index (χ2n) is 6.18. The van der Waals surface area contributed by atoms with Crippen molar-refractivity contribution in [1.82, 2.24) is 5.32 Å². The van der Waals surface area contributed by atoms with Gasteiger partial charge in [0, 0.05) is 33.5 Å². The van der Waals surface area contributed by atoms with Crippen LogP contribution < -0.4 is 5.32 Å². The van der Waals surface area contributed by atoms with Gasteiger partial charge >= 0.3 is 0 Å². The number of nitrogens with one attached hydrogen (secondary N) is 1. The van der Waals surface area contributed by atoms with Gasteiger partial charge in [0.05, 0.1) is 0 Å². The number of rotatable bonds is 8. The van der Waals surface area contributed by atoms with Gasteiger partial charge in [0.25, 0.3) is 0 Å². The summed E-state index contributed by atoms with van der Waals surface area (Å²) >= 11 is 0. The fourth-order valence-corrected chi connectivity index (χ4v) is 2.83. The minimum atomic E-state index is 0.408. The van der Waals surface area contributed by atoms with E-state index in [0.29, 0.717) is 11.3 Å². The van der Waals surface area contributed by atoms with Crippen LogP contribution in [0.1, 0.15) is 40.0 Å². The standard InChI is InChI=1S/C15H31NO2/c1-13(2)11-16-12-15(6-9-18-10-7-15)14(3)5-8-17-4/h13-14,16H,5-12H2,1-4H3. The molecule has 3 heteroatoms. The lowest BCUT2D eigenvalue weighted by Gasteiger charge is -2.42. The van der Waals surface area contributed by atoms with Crippen molar-refractivity contribution < 1.29 is 9.47 Å². The van der Waals surface area contributed by atoms with Crippen molar-refractivity contribution in [3.63, 3.8) is 0 Å². The second-order valence-corrected chi connectivity index (χ2v) is 6.18. The van der Waals surface area contributed by atoms with Gasteiger partial charge in [-0.05, 0) is 43.1 Å². The summed E-state index contributed by atoms with van der Waals surface area (Å²) in [4.78, 5) is 0. The Morgan fingerprint density at radius 3 is 2.44 bits per heavy atom. The summed E-state index contributed by atoms with van der Waals surface area (Å²) in [5.74, 6) is 1.41. The van der Waals surface area contributed by atoms with Crippen LogP contribution in [0, 0.1) is 17.3 Å². The van der Waals surface area contributed by atoms with Crippen LogP contribution in [0.25, 0.3) is 0 Å². The van der Waals surface area contributed by atoms with Crippen LogP contribution in [0.3, 0.4) is 0 Å². The normalized spacial score (nSPS) is 21.2. The van der Waals surface area contributed by atoms with Gasteiger partial charge in [-0.2, -0.15) is 0 Å². The predicted octanol–water partition coefficient (Wildman–Crippen LogP) is 2.70. The quantitative estimate of drug-likeness (QED) is 0.725. The Hall–Kier alpha value is -0.120. The maximum Gasteiger partial charge on any atom is 0.0471 e. The molecule has 1 saturated heterocycles. The van der Waals surface area contributed by atoms with Crippen LogP contribution in [-0.2, 0) is 9.47 Å². The molecule has 0 aromatic rings. The highest BCUT2D eigenvalue weighted by atomic mass is 16.5. The molecule has 0 bridgehead atoms. The Morgan fingerprint density at radius 2 is 1.89 bits per heavy atom. The molecule has 0 aromatic carbocycles. The predicted molar refractivity (Wildman–Crippen MR) is 75.9 cm³/mol. The monoisotopic (exact) mass is 257 g/mol. The highest BCUT2D eigenvalue weighted by Crippen LogP contribution is 2.39. The SMILES string of the molecule is COCCC(C)C1(CNCC(C)C)CCOCC1. The fraction of sp³-hybridized carbons (Fsp3) is 1.00. The molecule has 0 amide bonds. The van der Waals surface area contributed by atoms with Crippen molar-refractivity contribution in [3.05, 3.63) is 0 Å². The number of hydrogen-bond acceptors (Lipinski definition) is 3. The molecule has 1 fully saturated rings. The van der Waals surface area contributed by atoms with E-state index in [1.54, 1.807) is 7.11 Å². The van der Waals surface area contributed by atoms with E-state index in [0.717, 1.165) is 45.2 Å². The molecule has 0 saturated carbocycles. The largest absolute Gasteiger partial charge is 0.385 e. The first kappa shape index (κ1) is 15.9. The van der Waals surface area contributed by atoms with Gasteiger partial charge < -0.3 is 14.8 Å². The molecule has 18 heavy (non-hydrogen) atoms. The minimum absolute atomic E-state index is 0.408. The first-order valence-corrected chi connectivity index (χ1v) is 7.38. The van der Waals surface area contributed by atoms with E-state index in [-0.39, 0.29) is 0 Å². The molecule has 1 unspecified atom stereocenters. The van der Waals surface area contributed by atoms with Gasteiger partial charge in [-0.1, -0.05) is 20.8 Å². The molecule has 0 spiro atoms. The smallest absolute Gasteiger partial charge is 0.0471 e. The molecule has 1 N–H and O–H groups in total. The van der Waals surface area contributed by atoms with Gasteiger partial charge in [-0.25, -0.2) is 0 Å². The fourth-order valence-electron chi connectivity index (χ4n) is 2.83. The number of ether oxygens (including phenoxy) is 2. The van der Waals surface area contributed by atoms with Gasteiger partial charge in [0.15, 0.2) is 0 Å². The Bertz CT molecular complexity index is 213. The summed E-state index contributed by atoms with van der Waals surface area (Å²) in [6.07, 6.45) is 3.52. The third kappa shape index (κ3) is 4.87. The van der Waals surface area contributed by atoms with Crippen molar-refractivity contribution >= 4 is 0 Å². The molecule has 108 valence electrons. The van der Waals surface area contributed by atoms with Gasteiger partial charge in [-0.15, -0.1) is 0 Å². The molecule has 0 aromatic heterocycles. The van der Waals surface area contributed by atoms with E-state index < -0.39 is 0 Å². The van der Waals surface area contributed by atoms with Gasteiger partial charge in [0.1, 0.15) is 0 Å². The molecule has 1 heterocycles. The van der Waals surface area contributed by atoms with Crippen LogP contribution in [0.5, 0.6) is 0 Å². The summed E-state index contributed by atoms with van der Waals surface area (Å²) in [6.45, 7) is 11.8. The van der Waals surface area contributed by atoms with E-state index in [4.69, 9.17) is 9.47 Å². The molecule has 1 aliphatic heterocycles. The summed E-state index contributed by atoms with van der Waals surface area (Å²) in [5.41, 5.74) is 0.408. The summed E-state index contributed by atoms with van der Waals surface area (Å²) in [5, 5.41) is 3.66. The van der Waals surface area contributed by atoms with Crippen LogP contribution in [-0.4, -0.2) is 40.0 Å². The zero-order valence-corrected chi connectivity index (χ0v) is 12.6. The first-order chi connectivity index (χ1) is 8.60. The Balaban J connectivity index is 2.50. The van der Waals surface area contributed by atoms with Crippen LogP contribution >= 0.6 is 0 Å². The van der Waals surface area contributed by atoms with Crippen molar-refractivity contribution in [3.8, 4) is 0 Å². The maximum absolute atomic E-state index is 5.55. The van der Waals surface area contributed by atoms with E-state index in [1.165, 1.54) is 12.8 Å². The van der Waals surface area contributed by atoms with Crippen molar-refractivity contribution in [1.29, 1.82) is 0 Å². The number of methoxy groups -OCH3 is 1. The van der Waals surface area contributed by atoms with Crippen LogP contribution in [0.4, 0.5) is 0 Å². The van der Waals surface area contributed by atoms with Gasteiger partial charge in [0.2, 0.25) is 0 Å². The van der Waals surface area contributed by atoms with E-state index in [1.807, 2.05) is 0 Å². The molecule has 0 radical (unpaired) electrons. The summed E-state index contributed by atoms with van der Waals surface area (Å²) in [6, 6.07) is 0. The Morgan fingerprint density at radius 1 is 1.22 bits per heavy atom. The zero-order chi connectivity index (χ0) is 13.4. The number of hydrogen-bond donors (Lipinski definition) is 1. The molecular formula is C15H31NO2. The highest BCUT2D eigenvalue weighted by molar-refractivity contribution is 4.88. The lowest BCUT2D eigenvalue weighted by Crippen LogP contribution is -2.44. The summed E-state index contributed by atoms with van der Waals surface area (Å²) < 4.78 is 10.8. The van der Waals surface area contributed by atoms with Crippen LogP contribution in [0.2, 0.25) is 0 Å². The Kier molecular flexibility index (Phi) is 7.20. The molecule has 3 nitrogen and oxygen atoms in total. The maximum atomic E-state index is 5.55. The lowest BCUT2D eigenvalue weighted by molar-refractivity contribution is -0.0211. The average Bonchev–Trinajstić information content (AvgIpc) is 2.36. The molecule has 0 aliphatic carbocycles. The van der Waals surface area contributed by atoms with Crippen molar-refractivity contribution in [2.75, 3.05) is 40.0 Å². The second kappa shape index (κ2) is 8.13. The van der Waals surface area contributed by atoms with E-state index in [2.05, 4.69) is 26.1 Å². The minimum Gasteiger partial charge on any atom is -0.385 e. The average molecular weight is 257 g/mol. The lowest BCUT2D eigenvalue weighted by atomic mass is 9.69. The molecular weight excluding hydrogens is 226 g/mol. The summed E-state index contributed by atoms with van der Waals surface area (Å²) in [7, 11) is 1.79. The molecule has 1 atom stereocenters. The van der Waals surface area contributed by atoms with Gasteiger partial charge in [-0.3, -0.25) is 0 Å². The Labute approximate surface area is 113 Å². The van der Waals surface area contributed by atoms with Crippen molar-refractivity contribution in [2.45, 2.75) is 40.0 Å². The van der Waals surface area contributed by atoms with Crippen molar-refractivity contribution in [2.24, 2.45) is 17.3 Å². The van der Waals surface area contributed by atoms with E-state index in [9.17, 15) is 0 Å². The third-order valence-electron chi connectivity index (χ3n) is 4.32. The van der Waals surface area contributed by atoms with E-state index >= 15 is 0 Å². The molecule has 1 rings (SSSR count). The highest BCUT2D eigenvalue weighted by Gasteiger charge is 2.37. The first-order valence-electron chi connectivity index (χ1n) is 7.38. The molecule has 1 aliphatic rings. The van der Waals surface area contributed by atoms with Crippen LogP contribution in [0.15, 0.2) is 0 Å². The topological polar surface area (TPSA) is 30.5 Å².